The van der Waals surface area contributed by atoms with Crippen LogP contribution in [0.25, 0.3) is 0 Å². The zero-order valence-corrected chi connectivity index (χ0v) is 13.0. The maximum absolute atomic E-state index is 9.77. The number of hydrogen-bond donors (Lipinski definition) is 2. The van der Waals surface area contributed by atoms with Gasteiger partial charge in [-0.2, -0.15) is 0 Å². The van der Waals surface area contributed by atoms with Crippen molar-refractivity contribution in [3.05, 3.63) is 0 Å². The first-order chi connectivity index (χ1) is 9.24. The van der Waals surface area contributed by atoms with E-state index in [0.29, 0.717) is 32.4 Å². The SMILES string of the molecule is CCCCOCCOCC(O)CNC(CC)CCC. The number of unbranched alkanes of at least 4 members (excludes halogenated alkanes) is 1. The van der Waals surface area contributed by atoms with Gasteiger partial charge in [0.15, 0.2) is 0 Å². The average Bonchev–Trinajstić information content (AvgIpc) is 2.42. The van der Waals surface area contributed by atoms with Gasteiger partial charge in [-0.1, -0.05) is 33.6 Å². The standard InChI is InChI=1S/C15H33NO3/c1-4-7-9-18-10-11-19-13-15(17)12-16-14(6-3)8-5-2/h14-17H,4-13H2,1-3H3. The van der Waals surface area contributed by atoms with E-state index in [-0.39, 0.29) is 0 Å². The van der Waals surface area contributed by atoms with E-state index in [9.17, 15) is 5.11 Å². The summed E-state index contributed by atoms with van der Waals surface area (Å²) in [6, 6.07) is 0.511. The van der Waals surface area contributed by atoms with Crippen LogP contribution in [0.1, 0.15) is 52.9 Å². The van der Waals surface area contributed by atoms with Crippen LogP contribution in [0.4, 0.5) is 0 Å². The van der Waals surface area contributed by atoms with Crippen molar-refractivity contribution in [1.29, 1.82) is 0 Å². The monoisotopic (exact) mass is 275 g/mol. The van der Waals surface area contributed by atoms with Gasteiger partial charge in [0, 0.05) is 19.2 Å². The molecule has 116 valence electrons. The molecule has 0 aliphatic heterocycles. The van der Waals surface area contributed by atoms with Gasteiger partial charge in [0.05, 0.1) is 25.9 Å². The van der Waals surface area contributed by atoms with Crippen LogP contribution in [0.3, 0.4) is 0 Å². The lowest BCUT2D eigenvalue weighted by atomic mass is 10.1. The molecule has 0 spiro atoms. The molecule has 0 saturated heterocycles. The first-order valence-electron chi connectivity index (χ1n) is 7.81. The molecule has 0 aromatic carbocycles. The summed E-state index contributed by atoms with van der Waals surface area (Å²) < 4.78 is 10.8. The summed E-state index contributed by atoms with van der Waals surface area (Å²) in [6.07, 6.45) is 5.26. The van der Waals surface area contributed by atoms with Gasteiger partial charge in [0.1, 0.15) is 0 Å². The first-order valence-corrected chi connectivity index (χ1v) is 7.81. The number of aliphatic hydroxyl groups is 1. The third-order valence-corrected chi connectivity index (χ3v) is 3.10. The highest BCUT2D eigenvalue weighted by Crippen LogP contribution is 2.00. The predicted octanol–water partition coefficient (Wildman–Crippen LogP) is 2.35. The molecule has 0 heterocycles. The highest BCUT2D eigenvalue weighted by Gasteiger charge is 2.08. The van der Waals surface area contributed by atoms with Crippen molar-refractivity contribution in [2.75, 3.05) is 33.0 Å². The van der Waals surface area contributed by atoms with Gasteiger partial charge < -0.3 is 19.9 Å². The van der Waals surface area contributed by atoms with Gasteiger partial charge in [-0.05, 0) is 19.3 Å². The van der Waals surface area contributed by atoms with Crippen LogP contribution in [0.5, 0.6) is 0 Å². The fraction of sp³-hybridized carbons (Fsp3) is 1.00. The Bertz CT molecular complexity index is 179. The fourth-order valence-electron chi connectivity index (χ4n) is 1.85. The van der Waals surface area contributed by atoms with Gasteiger partial charge in [-0.25, -0.2) is 0 Å². The van der Waals surface area contributed by atoms with Gasteiger partial charge in [-0.15, -0.1) is 0 Å². The highest BCUT2D eigenvalue weighted by atomic mass is 16.5. The van der Waals surface area contributed by atoms with E-state index in [4.69, 9.17) is 9.47 Å². The lowest BCUT2D eigenvalue weighted by molar-refractivity contribution is 0.00309. The Morgan fingerprint density at radius 2 is 1.74 bits per heavy atom. The van der Waals surface area contributed by atoms with Gasteiger partial charge in [0.2, 0.25) is 0 Å². The van der Waals surface area contributed by atoms with E-state index in [0.717, 1.165) is 32.3 Å². The van der Waals surface area contributed by atoms with E-state index in [1.165, 1.54) is 6.42 Å². The largest absolute Gasteiger partial charge is 0.389 e. The molecule has 0 bridgehead atoms. The Balaban J connectivity index is 3.35. The first kappa shape index (κ1) is 18.8. The van der Waals surface area contributed by atoms with Crippen molar-refractivity contribution in [3.63, 3.8) is 0 Å². The van der Waals surface area contributed by atoms with Gasteiger partial charge in [0.25, 0.3) is 0 Å². The molecule has 0 radical (unpaired) electrons. The number of hydrogen-bond acceptors (Lipinski definition) is 4. The normalized spacial score (nSPS) is 14.5. The quantitative estimate of drug-likeness (QED) is 0.478. The van der Waals surface area contributed by atoms with Crippen molar-refractivity contribution < 1.29 is 14.6 Å². The van der Waals surface area contributed by atoms with E-state index >= 15 is 0 Å². The lowest BCUT2D eigenvalue weighted by Crippen LogP contribution is -2.37. The van der Waals surface area contributed by atoms with Crippen molar-refractivity contribution in [2.24, 2.45) is 0 Å². The molecule has 0 aliphatic carbocycles. The Kier molecular flexibility index (Phi) is 14.1. The summed E-state index contributed by atoms with van der Waals surface area (Å²) in [5.74, 6) is 0. The second-order valence-electron chi connectivity index (χ2n) is 5.00. The topological polar surface area (TPSA) is 50.7 Å². The summed E-state index contributed by atoms with van der Waals surface area (Å²) in [5, 5.41) is 13.2. The second-order valence-corrected chi connectivity index (χ2v) is 5.00. The Morgan fingerprint density at radius 3 is 2.37 bits per heavy atom. The minimum Gasteiger partial charge on any atom is -0.389 e. The predicted molar refractivity (Wildman–Crippen MR) is 79.5 cm³/mol. The minimum absolute atomic E-state index is 0.382. The molecule has 4 heteroatoms. The Hall–Kier alpha value is -0.160. The van der Waals surface area contributed by atoms with E-state index in [1.807, 2.05) is 0 Å². The molecule has 0 amide bonds. The second kappa shape index (κ2) is 14.3. The molecule has 19 heavy (non-hydrogen) atoms. The number of nitrogens with one attached hydrogen (secondary N) is 1. The molecule has 2 N–H and O–H groups in total. The molecule has 0 aromatic rings. The van der Waals surface area contributed by atoms with E-state index in [1.54, 1.807) is 0 Å². The zero-order chi connectivity index (χ0) is 14.3. The van der Waals surface area contributed by atoms with Crippen molar-refractivity contribution in [2.45, 2.75) is 65.0 Å². The van der Waals surface area contributed by atoms with Gasteiger partial charge >= 0.3 is 0 Å². The maximum Gasteiger partial charge on any atom is 0.0897 e. The van der Waals surface area contributed by atoms with Crippen LogP contribution in [-0.2, 0) is 9.47 Å². The Labute approximate surface area is 118 Å². The molecule has 2 atom stereocenters. The summed E-state index contributed by atoms with van der Waals surface area (Å²) in [7, 11) is 0. The van der Waals surface area contributed by atoms with Gasteiger partial charge in [-0.3, -0.25) is 0 Å². The minimum atomic E-state index is -0.429. The molecule has 0 saturated carbocycles. The fourth-order valence-corrected chi connectivity index (χ4v) is 1.85. The van der Waals surface area contributed by atoms with Crippen LogP contribution >= 0.6 is 0 Å². The highest BCUT2D eigenvalue weighted by molar-refractivity contribution is 4.67. The van der Waals surface area contributed by atoms with Crippen LogP contribution < -0.4 is 5.32 Å². The van der Waals surface area contributed by atoms with Crippen molar-refractivity contribution in [3.8, 4) is 0 Å². The summed E-state index contributed by atoms with van der Waals surface area (Å²) >= 11 is 0. The van der Waals surface area contributed by atoms with E-state index in [2.05, 4.69) is 26.1 Å². The molecule has 0 aromatic heterocycles. The zero-order valence-electron chi connectivity index (χ0n) is 13.0. The molecule has 4 nitrogen and oxygen atoms in total. The van der Waals surface area contributed by atoms with Crippen molar-refractivity contribution in [1.82, 2.24) is 5.32 Å². The molecule has 2 unspecified atom stereocenters. The third-order valence-electron chi connectivity index (χ3n) is 3.10. The molecule has 0 fully saturated rings. The third kappa shape index (κ3) is 12.6. The smallest absolute Gasteiger partial charge is 0.0897 e. The Morgan fingerprint density at radius 1 is 1.00 bits per heavy atom. The summed E-state index contributed by atoms with van der Waals surface area (Å²) in [5.41, 5.74) is 0. The van der Waals surface area contributed by atoms with Crippen LogP contribution in [0.2, 0.25) is 0 Å². The summed E-state index contributed by atoms with van der Waals surface area (Å²) in [4.78, 5) is 0. The number of aliphatic hydroxyl groups excluding tert-OH is 1. The van der Waals surface area contributed by atoms with Crippen LogP contribution in [0, 0.1) is 0 Å². The van der Waals surface area contributed by atoms with Crippen LogP contribution in [0.15, 0.2) is 0 Å². The number of rotatable bonds is 14. The van der Waals surface area contributed by atoms with Crippen LogP contribution in [-0.4, -0.2) is 50.2 Å². The van der Waals surface area contributed by atoms with E-state index < -0.39 is 6.10 Å². The number of ether oxygens (including phenoxy) is 2. The molecular formula is C15H33NO3. The molecular weight excluding hydrogens is 242 g/mol. The summed E-state index contributed by atoms with van der Waals surface area (Å²) in [6.45, 7) is 9.47. The van der Waals surface area contributed by atoms with Crippen molar-refractivity contribution >= 4 is 0 Å². The maximum atomic E-state index is 9.77. The lowest BCUT2D eigenvalue weighted by Gasteiger charge is -2.19. The average molecular weight is 275 g/mol. The molecule has 0 rings (SSSR count). The molecule has 0 aliphatic rings.